The molecule has 0 saturated carbocycles. The summed E-state index contributed by atoms with van der Waals surface area (Å²) in [6, 6.07) is 0. The van der Waals surface area contributed by atoms with Crippen LogP contribution < -0.4 is 0 Å². The average Bonchev–Trinajstić information content (AvgIpc) is 2.80. The third kappa shape index (κ3) is 2.89. The number of aliphatic hydroxyl groups is 1. The summed E-state index contributed by atoms with van der Waals surface area (Å²) in [5.41, 5.74) is -1.46. The second-order valence-corrected chi connectivity index (χ2v) is 5.98. The van der Waals surface area contributed by atoms with Gasteiger partial charge in [-0.25, -0.2) is 0 Å². The quantitative estimate of drug-likeness (QED) is 0.736. The summed E-state index contributed by atoms with van der Waals surface area (Å²) in [5, 5.41) is 10.9. The van der Waals surface area contributed by atoms with Crippen molar-refractivity contribution in [2.75, 3.05) is 0 Å². The third-order valence-electron chi connectivity index (χ3n) is 3.51. The van der Waals surface area contributed by atoms with E-state index in [1.54, 1.807) is 6.21 Å². The van der Waals surface area contributed by atoms with Gasteiger partial charge in [0, 0.05) is 24.5 Å². The molecule has 102 valence electrons. The Kier molecular flexibility index (Phi) is 4.85. The zero-order chi connectivity index (χ0) is 13.8. The van der Waals surface area contributed by atoms with E-state index >= 15 is 0 Å². The number of carbonyl (C=O) groups excluding carboxylic acids is 1. The predicted octanol–water partition coefficient (Wildman–Crippen LogP) is 3.27. The number of ketones is 1. The van der Waals surface area contributed by atoms with Gasteiger partial charge in [-0.2, -0.15) is 0 Å². The maximum atomic E-state index is 12.4. The van der Waals surface area contributed by atoms with Crippen LogP contribution in [0.4, 0.5) is 0 Å². The van der Waals surface area contributed by atoms with Crippen LogP contribution in [0.1, 0.15) is 59.8 Å². The lowest BCUT2D eigenvalue weighted by Crippen LogP contribution is -2.51. The van der Waals surface area contributed by atoms with Crippen molar-refractivity contribution < 1.29 is 9.90 Å². The summed E-state index contributed by atoms with van der Waals surface area (Å²) in [6.45, 7) is 7.77. The molecule has 0 aromatic rings. The SMILES string of the molecule is CCCCCC(=O)C(O)(C1=CCC=N1)C(C)(C)C. The number of rotatable bonds is 6. The van der Waals surface area contributed by atoms with Gasteiger partial charge in [-0.15, -0.1) is 0 Å². The molecule has 3 nitrogen and oxygen atoms in total. The fourth-order valence-electron chi connectivity index (χ4n) is 2.27. The Hall–Kier alpha value is -0.960. The van der Waals surface area contributed by atoms with Crippen LogP contribution in [0.15, 0.2) is 16.8 Å². The minimum Gasteiger partial charge on any atom is -0.375 e. The van der Waals surface area contributed by atoms with E-state index in [1.807, 2.05) is 26.8 Å². The lowest BCUT2D eigenvalue weighted by atomic mass is 9.70. The maximum absolute atomic E-state index is 12.4. The van der Waals surface area contributed by atoms with Crippen molar-refractivity contribution in [2.45, 2.75) is 65.4 Å². The van der Waals surface area contributed by atoms with Crippen LogP contribution in [0.5, 0.6) is 0 Å². The minimum atomic E-state index is -1.45. The van der Waals surface area contributed by atoms with Crippen LogP contribution in [0.25, 0.3) is 0 Å². The van der Waals surface area contributed by atoms with E-state index in [0.29, 0.717) is 18.5 Å². The molecule has 1 aliphatic heterocycles. The number of allylic oxidation sites excluding steroid dienone is 1. The normalized spacial score (nSPS) is 18.6. The average molecular weight is 251 g/mol. The predicted molar refractivity (Wildman–Crippen MR) is 74.7 cm³/mol. The lowest BCUT2D eigenvalue weighted by molar-refractivity contribution is -0.143. The molecule has 0 aromatic heterocycles. The molecule has 1 aliphatic rings. The number of hydrogen-bond donors (Lipinski definition) is 1. The molecule has 0 amide bonds. The van der Waals surface area contributed by atoms with Crippen LogP contribution in [-0.2, 0) is 4.79 Å². The van der Waals surface area contributed by atoms with Crippen LogP contribution in [-0.4, -0.2) is 22.7 Å². The van der Waals surface area contributed by atoms with E-state index < -0.39 is 11.0 Å². The summed E-state index contributed by atoms with van der Waals surface area (Å²) < 4.78 is 0. The molecule has 1 N–H and O–H groups in total. The van der Waals surface area contributed by atoms with Crippen LogP contribution in [0, 0.1) is 5.41 Å². The highest BCUT2D eigenvalue weighted by Crippen LogP contribution is 2.40. The molecule has 1 heterocycles. The number of unbranched alkanes of at least 4 members (excludes halogenated alkanes) is 2. The molecule has 18 heavy (non-hydrogen) atoms. The van der Waals surface area contributed by atoms with Crippen molar-refractivity contribution in [1.82, 2.24) is 0 Å². The summed E-state index contributed by atoms with van der Waals surface area (Å²) in [6.07, 6.45) is 7.65. The number of nitrogens with zero attached hydrogens (tertiary/aromatic N) is 1. The van der Waals surface area contributed by atoms with E-state index in [9.17, 15) is 9.90 Å². The first-order valence-corrected chi connectivity index (χ1v) is 6.83. The highest BCUT2D eigenvalue weighted by molar-refractivity contribution is 5.92. The van der Waals surface area contributed by atoms with Crippen LogP contribution in [0.2, 0.25) is 0 Å². The van der Waals surface area contributed by atoms with Crippen molar-refractivity contribution in [3.05, 3.63) is 11.8 Å². The molecule has 1 rings (SSSR count). The second-order valence-electron chi connectivity index (χ2n) is 5.98. The molecule has 1 unspecified atom stereocenters. The number of carbonyl (C=O) groups is 1. The minimum absolute atomic E-state index is 0.103. The van der Waals surface area contributed by atoms with Gasteiger partial charge in [0.05, 0.1) is 5.70 Å². The molecule has 0 bridgehead atoms. The maximum Gasteiger partial charge on any atom is 0.171 e. The molecule has 0 aromatic carbocycles. The highest BCUT2D eigenvalue weighted by Gasteiger charge is 2.49. The summed E-state index contributed by atoms with van der Waals surface area (Å²) in [5.74, 6) is -0.103. The summed E-state index contributed by atoms with van der Waals surface area (Å²) in [4.78, 5) is 16.6. The van der Waals surface area contributed by atoms with E-state index in [2.05, 4.69) is 11.9 Å². The Morgan fingerprint density at radius 3 is 2.50 bits per heavy atom. The molecule has 0 fully saturated rings. The number of hydrogen-bond acceptors (Lipinski definition) is 3. The summed E-state index contributed by atoms with van der Waals surface area (Å²) in [7, 11) is 0. The van der Waals surface area contributed by atoms with E-state index in [0.717, 1.165) is 19.3 Å². The molecule has 1 atom stereocenters. The van der Waals surface area contributed by atoms with Crippen LogP contribution >= 0.6 is 0 Å². The molecular formula is C15H25NO2. The largest absolute Gasteiger partial charge is 0.375 e. The van der Waals surface area contributed by atoms with Gasteiger partial charge in [0.1, 0.15) is 0 Å². The standard InChI is InChI=1S/C15H25NO2/c1-5-6-7-10-13(17)15(18,14(2,3)4)12-9-8-11-16-12/h9,11,18H,5-8,10H2,1-4H3. The Morgan fingerprint density at radius 1 is 1.39 bits per heavy atom. The summed E-state index contributed by atoms with van der Waals surface area (Å²) >= 11 is 0. The lowest BCUT2D eigenvalue weighted by Gasteiger charge is -2.38. The molecule has 3 heteroatoms. The van der Waals surface area contributed by atoms with Gasteiger partial charge in [0.25, 0.3) is 0 Å². The monoisotopic (exact) mass is 251 g/mol. The Bertz CT molecular complexity index is 363. The first-order valence-electron chi connectivity index (χ1n) is 6.83. The highest BCUT2D eigenvalue weighted by atomic mass is 16.3. The Labute approximate surface area is 110 Å². The second kappa shape index (κ2) is 5.79. The zero-order valence-corrected chi connectivity index (χ0v) is 12.0. The first-order chi connectivity index (χ1) is 8.34. The van der Waals surface area contributed by atoms with Gasteiger partial charge in [0.2, 0.25) is 0 Å². The van der Waals surface area contributed by atoms with E-state index in [1.165, 1.54) is 0 Å². The van der Waals surface area contributed by atoms with Crippen molar-refractivity contribution >= 4 is 12.0 Å². The van der Waals surface area contributed by atoms with Gasteiger partial charge in [-0.3, -0.25) is 9.79 Å². The van der Waals surface area contributed by atoms with E-state index in [4.69, 9.17) is 0 Å². The van der Waals surface area contributed by atoms with Gasteiger partial charge >= 0.3 is 0 Å². The molecule has 0 radical (unpaired) electrons. The topological polar surface area (TPSA) is 49.7 Å². The van der Waals surface area contributed by atoms with E-state index in [-0.39, 0.29) is 5.78 Å². The zero-order valence-electron chi connectivity index (χ0n) is 12.0. The Balaban J connectivity index is 2.92. The third-order valence-corrected chi connectivity index (χ3v) is 3.51. The van der Waals surface area contributed by atoms with Crippen LogP contribution in [0.3, 0.4) is 0 Å². The van der Waals surface area contributed by atoms with Crippen molar-refractivity contribution in [1.29, 1.82) is 0 Å². The molecule has 0 saturated heterocycles. The van der Waals surface area contributed by atoms with Crippen molar-refractivity contribution in [3.63, 3.8) is 0 Å². The van der Waals surface area contributed by atoms with Gasteiger partial charge in [0.15, 0.2) is 11.4 Å². The van der Waals surface area contributed by atoms with Gasteiger partial charge < -0.3 is 5.11 Å². The Morgan fingerprint density at radius 2 is 2.06 bits per heavy atom. The smallest absolute Gasteiger partial charge is 0.171 e. The molecule has 0 spiro atoms. The van der Waals surface area contributed by atoms with Gasteiger partial charge in [-0.05, 0) is 6.42 Å². The fraction of sp³-hybridized carbons (Fsp3) is 0.733. The number of aliphatic imine (C=N–C) groups is 1. The van der Waals surface area contributed by atoms with Crippen molar-refractivity contribution in [3.8, 4) is 0 Å². The number of Topliss-reactive ketones (excluding diaryl/α,β-unsaturated/α-hetero) is 1. The fourth-order valence-corrected chi connectivity index (χ4v) is 2.27. The first kappa shape index (κ1) is 15.1. The molecule has 0 aliphatic carbocycles. The van der Waals surface area contributed by atoms with Gasteiger partial charge in [-0.1, -0.05) is 46.6 Å². The molecular weight excluding hydrogens is 226 g/mol. The van der Waals surface area contributed by atoms with Crippen molar-refractivity contribution in [2.24, 2.45) is 10.4 Å².